The third-order valence-electron chi connectivity index (χ3n) is 5.77. The summed E-state index contributed by atoms with van der Waals surface area (Å²) in [5.41, 5.74) is 1.21. The number of hydrogen-bond acceptors (Lipinski definition) is 4. The van der Waals surface area contributed by atoms with Crippen LogP contribution in [-0.2, 0) is 6.54 Å². The second kappa shape index (κ2) is 10.6. The van der Waals surface area contributed by atoms with Crippen LogP contribution >= 0.6 is 11.6 Å². The van der Waals surface area contributed by atoms with E-state index in [0.29, 0.717) is 42.3 Å². The van der Waals surface area contributed by atoms with Gasteiger partial charge < -0.3 is 14.2 Å². The summed E-state index contributed by atoms with van der Waals surface area (Å²) in [6.45, 7) is 1.14. The number of nitrogens with one attached hydrogen (secondary N) is 1. The number of nitrogens with zero attached hydrogens (tertiary/aromatic N) is 4. The van der Waals surface area contributed by atoms with E-state index in [2.05, 4.69) is 10.3 Å². The number of aryl methyl sites for hydroxylation is 1. The van der Waals surface area contributed by atoms with E-state index in [1.54, 1.807) is 35.6 Å². The summed E-state index contributed by atoms with van der Waals surface area (Å²) in [5.74, 6) is 1.27. The Hall–Kier alpha value is -4.17. The fraction of sp³-hybridized carbons (Fsp3) is 0.148. The van der Waals surface area contributed by atoms with Gasteiger partial charge in [0, 0.05) is 25.5 Å². The highest BCUT2D eigenvalue weighted by molar-refractivity contribution is 6.30. The van der Waals surface area contributed by atoms with Crippen molar-refractivity contribution in [3.63, 3.8) is 0 Å². The Morgan fingerprint density at radius 3 is 2.53 bits per heavy atom. The van der Waals surface area contributed by atoms with Gasteiger partial charge in [0.2, 0.25) is 0 Å². The van der Waals surface area contributed by atoms with Gasteiger partial charge >= 0.3 is 6.03 Å². The van der Waals surface area contributed by atoms with E-state index in [0.717, 1.165) is 5.75 Å². The molecule has 0 bridgehead atoms. The predicted molar refractivity (Wildman–Crippen MR) is 136 cm³/mol. The molecule has 1 unspecified atom stereocenters. The van der Waals surface area contributed by atoms with Gasteiger partial charge in [0.15, 0.2) is 0 Å². The summed E-state index contributed by atoms with van der Waals surface area (Å²) in [6, 6.07) is 20.4. The number of hydrogen-bond donors (Lipinski definition) is 1. The topological polar surface area (TPSA) is 71.8 Å². The number of amidine groups is 1. The van der Waals surface area contributed by atoms with Crippen LogP contribution in [0.25, 0.3) is 0 Å². The molecule has 4 aromatic rings. The molecule has 1 atom stereocenters. The molecule has 1 aliphatic heterocycles. The van der Waals surface area contributed by atoms with Gasteiger partial charge in [0.05, 0.1) is 17.0 Å². The third-order valence-corrected chi connectivity index (χ3v) is 6.07. The first-order chi connectivity index (χ1) is 17.6. The minimum absolute atomic E-state index is 0.0233. The Balaban J connectivity index is 1.39. The number of ether oxygens (including phenoxy) is 1. The molecule has 1 aliphatic rings. The lowest BCUT2D eigenvalue weighted by Crippen LogP contribution is -2.31. The first kappa shape index (κ1) is 23.6. The fourth-order valence-corrected chi connectivity index (χ4v) is 4.17. The van der Waals surface area contributed by atoms with Crippen LogP contribution in [0.4, 0.5) is 14.9 Å². The predicted octanol–water partition coefficient (Wildman–Crippen LogP) is 6.35. The lowest BCUT2D eigenvalue weighted by atomic mass is 10.0. The summed E-state index contributed by atoms with van der Waals surface area (Å²) in [5, 5.41) is 2.89. The number of aliphatic imine (C=N–C) groups is 1. The van der Waals surface area contributed by atoms with Crippen molar-refractivity contribution in [2.75, 3.05) is 6.54 Å². The average Bonchev–Trinajstić information content (AvgIpc) is 3.51. The number of rotatable bonds is 8. The van der Waals surface area contributed by atoms with Gasteiger partial charge in [-0.25, -0.2) is 19.2 Å². The number of halogens is 2. The Labute approximate surface area is 212 Å². The number of carbonyl (C=O) groups excluding carboxylic acids is 1. The van der Waals surface area contributed by atoms with Crippen molar-refractivity contribution >= 4 is 29.2 Å². The average molecular weight is 504 g/mol. The zero-order chi connectivity index (χ0) is 24.9. The van der Waals surface area contributed by atoms with E-state index in [1.807, 2.05) is 53.2 Å². The van der Waals surface area contributed by atoms with Crippen LogP contribution in [-0.4, -0.2) is 32.9 Å². The number of para-hydroxylation sites is 1. The van der Waals surface area contributed by atoms with Crippen molar-refractivity contribution in [3.8, 4) is 11.5 Å². The van der Waals surface area contributed by atoms with Gasteiger partial charge in [-0.2, -0.15) is 0 Å². The van der Waals surface area contributed by atoms with Gasteiger partial charge in [-0.05, 0) is 60.5 Å². The van der Waals surface area contributed by atoms with E-state index in [9.17, 15) is 9.18 Å². The van der Waals surface area contributed by atoms with Crippen molar-refractivity contribution in [3.05, 3.63) is 108 Å². The Kier molecular flexibility index (Phi) is 6.95. The largest absolute Gasteiger partial charge is 0.457 e. The van der Waals surface area contributed by atoms with Gasteiger partial charge in [0.1, 0.15) is 29.2 Å². The summed E-state index contributed by atoms with van der Waals surface area (Å²) in [6.07, 6.45) is 6.00. The number of carbonyl (C=O) groups is 1. The van der Waals surface area contributed by atoms with Gasteiger partial charge in [0.25, 0.3) is 0 Å². The number of urea groups is 1. The molecular formula is C27H23ClFN5O2. The van der Waals surface area contributed by atoms with E-state index in [4.69, 9.17) is 21.3 Å². The number of benzene rings is 3. The molecule has 9 heteroatoms. The van der Waals surface area contributed by atoms with E-state index in [1.165, 1.54) is 12.1 Å². The maximum Gasteiger partial charge on any atom is 0.323 e. The molecule has 5 rings (SSSR count). The van der Waals surface area contributed by atoms with E-state index < -0.39 is 11.9 Å². The second-order valence-corrected chi connectivity index (χ2v) is 8.67. The molecule has 3 aromatic carbocycles. The lowest BCUT2D eigenvalue weighted by molar-refractivity contribution is 0.204. The summed E-state index contributed by atoms with van der Waals surface area (Å²) in [4.78, 5) is 23.3. The molecular weight excluding hydrogens is 481 g/mol. The summed E-state index contributed by atoms with van der Waals surface area (Å²) in [7, 11) is 0. The van der Waals surface area contributed by atoms with Crippen molar-refractivity contribution in [2.45, 2.75) is 19.0 Å². The SMILES string of the molecule is O=C1NC(=Nc2ccc(Oc3ccccc3)cc2)C(c2ccc(Cl)c(F)c2)N1CCCn1ccnc1. The van der Waals surface area contributed by atoms with Crippen molar-refractivity contribution < 1.29 is 13.9 Å². The highest BCUT2D eigenvalue weighted by Gasteiger charge is 2.37. The Morgan fingerprint density at radius 1 is 1.03 bits per heavy atom. The standard InChI is InChI=1S/C27H23ClFN5O2/c28-23-12-7-19(17-24(23)29)25-26(32-27(35)34(25)15-4-14-33-16-13-30-18-33)31-20-8-10-22(11-9-20)36-21-5-2-1-3-6-21/h1-3,5-13,16-18,25H,4,14-15H2,(H,31,32,35). The highest BCUT2D eigenvalue weighted by Crippen LogP contribution is 2.31. The fourth-order valence-electron chi connectivity index (χ4n) is 4.05. The number of imidazole rings is 1. The molecule has 36 heavy (non-hydrogen) atoms. The van der Waals surface area contributed by atoms with Crippen LogP contribution in [0.1, 0.15) is 18.0 Å². The quantitative estimate of drug-likeness (QED) is 0.304. The van der Waals surface area contributed by atoms with Crippen molar-refractivity contribution in [1.82, 2.24) is 19.8 Å². The summed E-state index contributed by atoms with van der Waals surface area (Å²) >= 11 is 5.91. The Morgan fingerprint density at radius 2 is 1.81 bits per heavy atom. The molecule has 7 nitrogen and oxygen atoms in total. The van der Waals surface area contributed by atoms with E-state index in [-0.39, 0.29) is 11.1 Å². The molecule has 0 radical (unpaired) electrons. The molecule has 2 heterocycles. The Bertz CT molecular complexity index is 1360. The molecule has 2 amide bonds. The smallest absolute Gasteiger partial charge is 0.323 e. The van der Waals surface area contributed by atoms with E-state index >= 15 is 0 Å². The van der Waals surface area contributed by atoms with Crippen LogP contribution in [0.2, 0.25) is 5.02 Å². The maximum absolute atomic E-state index is 14.4. The lowest BCUT2D eigenvalue weighted by Gasteiger charge is -2.23. The van der Waals surface area contributed by atoms with Gasteiger partial charge in [-0.3, -0.25) is 5.32 Å². The van der Waals surface area contributed by atoms with Crippen LogP contribution in [0.3, 0.4) is 0 Å². The van der Waals surface area contributed by atoms with Crippen LogP contribution < -0.4 is 10.1 Å². The first-order valence-electron chi connectivity index (χ1n) is 11.5. The maximum atomic E-state index is 14.4. The minimum atomic E-state index is -0.577. The molecule has 1 saturated heterocycles. The third kappa shape index (κ3) is 5.39. The number of aromatic nitrogens is 2. The molecule has 1 aromatic heterocycles. The number of amides is 2. The van der Waals surface area contributed by atoms with Crippen LogP contribution in [0, 0.1) is 5.82 Å². The molecule has 0 saturated carbocycles. The normalized spacial score (nSPS) is 16.4. The summed E-state index contributed by atoms with van der Waals surface area (Å²) < 4.78 is 22.1. The van der Waals surface area contributed by atoms with Crippen molar-refractivity contribution in [2.24, 2.45) is 4.99 Å². The molecule has 182 valence electrons. The zero-order valence-electron chi connectivity index (χ0n) is 19.2. The van der Waals surface area contributed by atoms with Gasteiger partial charge in [-0.15, -0.1) is 0 Å². The molecule has 0 spiro atoms. The molecule has 1 N–H and O–H groups in total. The molecule has 1 fully saturated rings. The minimum Gasteiger partial charge on any atom is -0.457 e. The second-order valence-electron chi connectivity index (χ2n) is 8.26. The molecule has 0 aliphatic carbocycles. The van der Waals surface area contributed by atoms with Crippen LogP contribution in [0.5, 0.6) is 11.5 Å². The van der Waals surface area contributed by atoms with Gasteiger partial charge in [-0.1, -0.05) is 35.9 Å². The first-order valence-corrected chi connectivity index (χ1v) is 11.8. The zero-order valence-corrected chi connectivity index (χ0v) is 20.0. The van der Waals surface area contributed by atoms with Crippen LogP contribution in [0.15, 0.2) is 96.5 Å². The van der Waals surface area contributed by atoms with Crippen molar-refractivity contribution in [1.29, 1.82) is 0 Å². The highest BCUT2D eigenvalue weighted by atomic mass is 35.5. The monoisotopic (exact) mass is 503 g/mol.